The standard InChI is InChI=1S/C10H16N2O2/c1-7-5-8(7)10(14)12-4-2-3-9(12)11-6-13/h6-9H,2-5H2,1H3,(H,11,13). The van der Waals surface area contributed by atoms with E-state index in [4.69, 9.17) is 0 Å². The van der Waals surface area contributed by atoms with Gasteiger partial charge in [0.05, 0.1) is 0 Å². The van der Waals surface area contributed by atoms with Crippen LogP contribution in [-0.4, -0.2) is 29.9 Å². The Morgan fingerprint density at radius 1 is 1.57 bits per heavy atom. The molecule has 0 aromatic carbocycles. The Bertz CT molecular complexity index is 255. The van der Waals surface area contributed by atoms with Gasteiger partial charge in [0.2, 0.25) is 12.3 Å². The number of nitrogens with one attached hydrogen (secondary N) is 1. The lowest BCUT2D eigenvalue weighted by atomic mass is 10.3. The van der Waals surface area contributed by atoms with Gasteiger partial charge < -0.3 is 10.2 Å². The normalized spacial score (nSPS) is 35.5. The van der Waals surface area contributed by atoms with E-state index in [-0.39, 0.29) is 18.0 Å². The van der Waals surface area contributed by atoms with E-state index >= 15 is 0 Å². The zero-order valence-corrected chi connectivity index (χ0v) is 8.40. The van der Waals surface area contributed by atoms with Gasteiger partial charge in [0.15, 0.2) is 0 Å². The van der Waals surface area contributed by atoms with Crippen LogP contribution < -0.4 is 5.32 Å². The van der Waals surface area contributed by atoms with Crippen molar-refractivity contribution in [3.8, 4) is 0 Å². The Hall–Kier alpha value is -1.06. The molecule has 2 fully saturated rings. The Kier molecular flexibility index (Phi) is 2.44. The minimum absolute atomic E-state index is 0.0483. The SMILES string of the molecule is CC1CC1C(=O)N1CCCC1NC=O. The van der Waals surface area contributed by atoms with E-state index in [0.717, 1.165) is 25.8 Å². The van der Waals surface area contributed by atoms with Crippen molar-refractivity contribution in [2.24, 2.45) is 11.8 Å². The molecule has 0 spiro atoms. The second-order valence-corrected chi connectivity index (χ2v) is 4.29. The molecule has 4 nitrogen and oxygen atoms in total. The molecule has 0 aromatic heterocycles. The van der Waals surface area contributed by atoms with Crippen molar-refractivity contribution in [2.45, 2.75) is 32.4 Å². The van der Waals surface area contributed by atoms with Crippen LogP contribution in [0, 0.1) is 11.8 Å². The van der Waals surface area contributed by atoms with Gasteiger partial charge in [-0.2, -0.15) is 0 Å². The van der Waals surface area contributed by atoms with Gasteiger partial charge in [-0.25, -0.2) is 0 Å². The Balaban J connectivity index is 1.95. The van der Waals surface area contributed by atoms with Gasteiger partial charge in [-0.1, -0.05) is 6.92 Å². The van der Waals surface area contributed by atoms with Crippen molar-refractivity contribution >= 4 is 12.3 Å². The van der Waals surface area contributed by atoms with Gasteiger partial charge in [0.1, 0.15) is 6.17 Å². The number of hydrogen-bond acceptors (Lipinski definition) is 2. The highest BCUT2D eigenvalue weighted by Gasteiger charge is 2.43. The van der Waals surface area contributed by atoms with Crippen molar-refractivity contribution in [2.75, 3.05) is 6.54 Å². The Morgan fingerprint density at radius 2 is 2.29 bits per heavy atom. The molecule has 1 saturated carbocycles. The predicted octanol–water partition coefficient (Wildman–Crippen LogP) is 0.337. The van der Waals surface area contributed by atoms with Crippen molar-refractivity contribution in [3.63, 3.8) is 0 Å². The van der Waals surface area contributed by atoms with Gasteiger partial charge in [0.25, 0.3) is 0 Å². The summed E-state index contributed by atoms with van der Waals surface area (Å²) in [4.78, 5) is 24.0. The quantitative estimate of drug-likeness (QED) is 0.662. The van der Waals surface area contributed by atoms with Crippen LogP contribution in [-0.2, 0) is 9.59 Å². The molecule has 1 aliphatic carbocycles. The van der Waals surface area contributed by atoms with E-state index in [1.807, 2.05) is 4.90 Å². The summed E-state index contributed by atoms with van der Waals surface area (Å²) >= 11 is 0. The first-order valence-electron chi connectivity index (χ1n) is 5.24. The highest BCUT2D eigenvalue weighted by molar-refractivity contribution is 5.82. The van der Waals surface area contributed by atoms with Crippen molar-refractivity contribution < 1.29 is 9.59 Å². The first kappa shape index (κ1) is 9.49. The molecule has 3 unspecified atom stereocenters. The van der Waals surface area contributed by atoms with E-state index in [0.29, 0.717) is 12.3 Å². The first-order chi connectivity index (χ1) is 6.74. The highest BCUT2D eigenvalue weighted by atomic mass is 16.2. The Morgan fingerprint density at radius 3 is 2.86 bits per heavy atom. The number of carbonyl (C=O) groups excluding carboxylic acids is 2. The molecular formula is C10H16N2O2. The van der Waals surface area contributed by atoms with Crippen LogP contribution in [0.3, 0.4) is 0 Å². The van der Waals surface area contributed by atoms with Gasteiger partial charge in [-0.05, 0) is 25.2 Å². The largest absolute Gasteiger partial charge is 0.338 e. The number of amides is 2. The molecule has 1 saturated heterocycles. The zero-order valence-electron chi connectivity index (χ0n) is 8.40. The lowest BCUT2D eigenvalue weighted by Gasteiger charge is -2.24. The summed E-state index contributed by atoms with van der Waals surface area (Å²) in [7, 11) is 0. The molecule has 0 aromatic rings. The number of nitrogens with zero attached hydrogens (tertiary/aromatic N) is 1. The monoisotopic (exact) mass is 196 g/mol. The average Bonchev–Trinajstić information content (AvgIpc) is 2.72. The van der Waals surface area contributed by atoms with E-state index in [1.165, 1.54) is 0 Å². The fraction of sp³-hybridized carbons (Fsp3) is 0.800. The molecule has 14 heavy (non-hydrogen) atoms. The summed E-state index contributed by atoms with van der Waals surface area (Å²) in [5, 5.41) is 2.70. The second-order valence-electron chi connectivity index (χ2n) is 4.29. The van der Waals surface area contributed by atoms with Crippen LogP contribution in [0.2, 0.25) is 0 Å². The molecular weight excluding hydrogens is 180 g/mol. The van der Waals surface area contributed by atoms with E-state index < -0.39 is 0 Å². The minimum atomic E-state index is -0.0483. The highest BCUT2D eigenvalue weighted by Crippen LogP contribution is 2.40. The van der Waals surface area contributed by atoms with E-state index in [1.54, 1.807) is 0 Å². The summed E-state index contributed by atoms with van der Waals surface area (Å²) in [5.41, 5.74) is 0. The second kappa shape index (κ2) is 3.59. The number of hydrogen-bond donors (Lipinski definition) is 1. The third-order valence-corrected chi connectivity index (χ3v) is 3.22. The fourth-order valence-electron chi connectivity index (χ4n) is 2.16. The third-order valence-electron chi connectivity index (χ3n) is 3.22. The maximum atomic E-state index is 11.9. The fourth-order valence-corrected chi connectivity index (χ4v) is 2.16. The molecule has 2 rings (SSSR count). The molecule has 2 aliphatic rings. The third kappa shape index (κ3) is 1.61. The molecule has 0 bridgehead atoms. The smallest absolute Gasteiger partial charge is 0.227 e. The number of carbonyl (C=O) groups is 2. The Labute approximate surface area is 83.6 Å². The van der Waals surface area contributed by atoms with Crippen molar-refractivity contribution in [1.82, 2.24) is 10.2 Å². The van der Waals surface area contributed by atoms with Crippen molar-refractivity contribution in [1.29, 1.82) is 0 Å². The van der Waals surface area contributed by atoms with Gasteiger partial charge in [-0.3, -0.25) is 9.59 Å². The molecule has 4 heteroatoms. The van der Waals surface area contributed by atoms with Crippen LogP contribution >= 0.6 is 0 Å². The van der Waals surface area contributed by atoms with E-state index in [9.17, 15) is 9.59 Å². The van der Waals surface area contributed by atoms with Crippen LogP contribution in [0.5, 0.6) is 0 Å². The average molecular weight is 196 g/mol. The lowest BCUT2D eigenvalue weighted by Crippen LogP contribution is -2.44. The molecule has 2 amide bonds. The summed E-state index contributed by atoms with van der Waals surface area (Å²) in [6.45, 7) is 2.90. The molecule has 78 valence electrons. The molecule has 0 radical (unpaired) electrons. The van der Waals surface area contributed by atoms with Gasteiger partial charge in [-0.15, -0.1) is 0 Å². The summed E-state index contributed by atoms with van der Waals surface area (Å²) in [6.07, 6.45) is 3.55. The summed E-state index contributed by atoms with van der Waals surface area (Å²) in [6, 6.07) is 0. The van der Waals surface area contributed by atoms with Gasteiger partial charge >= 0.3 is 0 Å². The van der Waals surface area contributed by atoms with Crippen LogP contribution in [0.1, 0.15) is 26.2 Å². The van der Waals surface area contributed by atoms with Crippen LogP contribution in [0.25, 0.3) is 0 Å². The topological polar surface area (TPSA) is 49.4 Å². The number of likely N-dealkylation sites (tertiary alicyclic amines) is 1. The summed E-state index contributed by atoms with van der Waals surface area (Å²) in [5.74, 6) is 0.999. The predicted molar refractivity (Wildman–Crippen MR) is 51.2 cm³/mol. The number of rotatable bonds is 3. The van der Waals surface area contributed by atoms with Crippen LogP contribution in [0.4, 0.5) is 0 Å². The minimum Gasteiger partial charge on any atom is -0.338 e. The van der Waals surface area contributed by atoms with Crippen molar-refractivity contribution in [3.05, 3.63) is 0 Å². The van der Waals surface area contributed by atoms with E-state index in [2.05, 4.69) is 12.2 Å². The summed E-state index contributed by atoms with van der Waals surface area (Å²) < 4.78 is 0. The van der Waals surface area contributed by atoms with Crippen LogP contribution in [0.15, 0.2) is 0 Å². The first-order valence-corrected chi connectivity index (χ1v) is 5.24. The molecule has 1 N–H and O–H groups in total. The molecule has 1 heterocycles. The van der Waals surface area contributed by atoms with Gasteiger partial charge in [0, 0.05) is 12.5 Å². The molecule has 1 aliphatic heterocycles. The molecule has 3 atom stereocenters. The lowest BCUT2D eigenvalue weighted by molar-refractivity contribution is -0.134. The maximum Gasteiger partial charge on any atom is 0.227 e. The zero-order chi connectivity index (χ0) is 10.1. The maximum absolute atomic E-state index is 11.9.